The van der Waals surface area contributed by atoms with Gasteiger partial charge in [-0.25, -0.2) is 0 Å². The number of carbonyl (C=O) groups excluding carboxylic acids is 3. The van der Waals surface area contributed by atoms with Gasteiger partial charge >= 0.3 is 0 Å². The van der Waals surface area contributed by atoms with Crippen molar-refractivity contribution in [2.75, 3.05) is 56.2 Å². The molecular weight excluding hydrogens is 787 g/mol. The number of aryl methyl sites for hydroxylation is 1. The predicted molar refractivity (Wildman–Crippen MR) is 247 cm³/mol. The van der Waals surface area contributed by atoms with E-state index in [1.807, 2.05) is 74.5 Å². The van der Waals surface area contributed by atoms with Crippen LogP contribution in [0.4, 0.5) is 11.4 Å². The van der Waals surface area contributed by atoms with Gasteiger partial charge in [0.2, 0.25) is 5.91 Å². The number of thioether (sulfide) groups is 1. The Morgan fingerprint density at radius 1 is 0.869 bits per heavy atom. The topological polar surface area (TPSA) is 144 Å². The van der Waals surface area contributed by atoms with Crippen LogP contribution < -0.4 is 15.5 Å². The first-order chi connectivity index (χ1) is 29.3. The largest absolute Gasteiger partial charge is 0.395 e. The molecule has 1 aliphatic rings. The molecule has 0 saturated carbocycles. The second kappa shape index (κ2) is 22.4. The summed E-state index contributed by atoms with van der Waals surface area (Å²) in [6, 6.07) is 25.5. The summed E-state index contributed by atoms with van der Waals surface area (Å²) in [6.07, 6.45) is 6.17. The van der Waals surface area contributed by atoms with Crippen LogP contribution in [0.25, 0.3) is 11.3 Å². The predicted octanol–water partition coefficient (Wildman–Crippen LogP) is 8.45. The minimum Gasteiger partial charge on any atom is -0.395 e. The van der Waals surface area contributed by atoms with Gasteiger partial charge in [0.15, 0.2) is 0 Å². The van der Waals surface area contributed by atoms with E-state index in [1.165, 1.54) is 16.0 Å². The zero-order valence-electron chi connectivity index (χ0n) is 36.8. The summed E-state index contributed by atoms with van der Waals surface area (Å²) in [4.78, 5) is 48.7. The molecule has 61 heavy (non-hydrogen) atoms. The summed E-state index contributed by atoms with van der Waals surface area (Å²) in [5.41, 5.74) is 6.95. The van der Waals surface area contributed by atoms with Gasteiger partial charge in [-0.1, -0.05) is 50.2 Å². The van der Waals surface area contributed by atoms with Crippen molar-refractivity contribution in [1.29, 1.82) is 0 Å². The average Bonchev–Trinajstić information content (AvgIpc) is 3.25. The van der Waals surface area contributed by atoms with E-state index in [4.69, 9.17) is 9.72 Å². The van der Waals surface area contributed by atoms with E-state index in [-0.39, 0.29) is 61.2 Å². The maximum Gasteiger partial charge on any atom is 0.255 e. The summed E-state index contributed by atoms with van der Waals surface area (Å²) in [7, 11) is 0. The number of hydrogen-bond donors (Lipinski definition) is 4. The van der Waals surface area contributed by atoms with Crippen LogP contribution in [0.2, 0.25) is 0 Å². The number of ether oxygens (including phenoxy) is 1. The van der Waals surface area contributed by atoms with Crippen LogP contribution in [-0.2, 0) is 21.7 Å². The number of hydrogen-bond acceptors (Lipinski definition) is 9. The van der Waals surface area contributed by atoms with E-state index in [0.717, 1.165) is 55.6 Å². The molecule has 1 aliphatic carbocycles. The van der Waals surface area contributed by atoms with Crippen molar-refractivity contribution in [3.05, 3.63) is 113 Å². The van der Waals surface area contributed by atoms with Gasteiger partial charge in [-0.3, -0.25) is 19.4 Å². The van der Waals surface area contributed by atoms with Gasteiger partial charge in [0.05, 0.1) is 36.2 Å². The molecule has 0 radical (unpaired) electrons. The van der Waals surface area contributed by atoms with Crippen molar-refractivity contribution >= 4 is 40.9 Å². The normalized spacial score (nSPS) is 13.9. The zero-order chi connectivity index (χ0) is 44.0. The molecule has 5 rings (SSSR count). The minimum atomic E-state index is -0.511. The molecule has 1 heterocycles. The van der Waals surface area contributed by atoms with Crippen molar-refractivity contribution in [2.24, 2.45) is 0 Å². The van der Waals surface area contributed by atoms with E-state index in [0.29, 0.717) is 41.3 Å². The number of amides is 3. The Labute approximate surface area is 366 Å². The van der Waals surface area contributed by atoms with Crippen LogP contribution >= 0.6 is 11.8 Å². The third kappa shape index (κ3) is 13.6. The second-order valence-corrected chi connectivity index (χ2v) is 18.5. The first kappa shape index (κ1) is 47.3. The Morgan fingerprint density at radius 3 is 2.34 bits per heavy atom. The summed E-state index contributed by atoms with van der Waals surface area (Å²) in [6.45, 7) is 14.8. The molecular formula is C49H65N5O6S. The lowest BCUT2D eigenvalue weighted by atomic mass is 9.87. The fourth-order valence-electron chi connectivity index (χ4n) is 7.66. The standard InChI is InChI=1S/C49H65N5O6S/c1-7-53(8-2)39-19-20-43(41(33-39)44-32-38(22-25-50-44)47(59)51-42-18-12-15-36-14-9-10-17-40(36)42)52-46(58)37-16-11-13-35(31-37)34-61-49(5,6)24-30-60-48(3,4)23-21-45(57)54(26-28-55)27-29-56/h9-11,13-14,16-17,19-20,22,25,31-33,42,55-56H,7-8,12,15,18,21,23-24,26-30,34H2,1-6H3,(H,51,59)(H,52,58)/t42-/m0/s1. The molecule has 3 aromatic carbocycles. The number of carbonyl (C=O) groups is 3. The van der Waals surface area contributed by atoms with Gasteiger partial charge < -0.3 is 35.4 Å². The lowest BCUT2D eigenvalue weighted by molar-refractivity contribution is -0.134. The van der Waals surface area contributed by atoms with E-state index in [1.54, 1.807) is 24.0 Å². The first-order valence-corrected chi connectivity index (χ1v) is 22.7. The quantitative estimate of drug-likeness (QED) is 0.0613. The van der Waals surface area contributed by atoms with Gasteiger partial charge in [0.25, 0.3) is 11.8 Å². The van der Waals surface area contributed by atoms with Gasteiger partial charge in [-0.05, 0) is 119 Å². The molecule has 1 atom stereocenters. The first-order valence-electron chi connectivity index (χ1n) is 21.7. The second-order valence-electron chi connectivity index (χ2n) is 16.8. The highest BCUT2D eigenvalue weighted by Gasteiger charge is 2.26. The van der Waals surface area contributed by atoms with Crippen molar-refractivity contribution in [2.45, 2.75) is 102 Å². The highest BCUT2D eigenvalue weighted by Crippen LogP contribution is 2.35. The molecule has 4 N–H and O–H groups in total. The van der Waals surface area contributed by atoms with Gasteiger partial charge in [-0.15, -0.1) is 0 Å². The smallest absolute Gasteiger partial charge is 0.255 e. The van der Waals surface area contributed by atoms with Crippen LogP contribution in [0, 0.1) is 0 Å². The lowest BCUT2D eigenvalue weighted by Crippen LogP contribution is -2.37. The van der Waals surface area contributed by atoms with Crippen LogP contribution in [0.3, 0.4) is 0 Å². The number of rotatable bonds is 22. The van der Waals surface area contributed by atoms with Gasteiger partial charge in [-0.2, -0.15) is 11.8 Å². The molecule has 328 valence electrons. The Bertz CT molecular complexity index is 2080. The monoisotopic (exact) mass is 851 g/mol. The number of fused-ring (bicyclic) bond motifs is 1. The molecule has 3 amide bonds. The molecule has 0 spiro atoms. The number of nitrogens with zero attached hydrogens (tertiary/aromatic N) is 3. The third-order valence-electron chi connectivity index (χ3n) is 11.4. The van der Waals surface area contributed by atoms with E-state index >= 15 is 0 Å². The van der Waals surface area contributed by atoms with Crippen molar-refractivity contribution in [3.63, 3.8) is 0 Å². The summed E-state index contributed by atoms with van der Waals surface area (Å²) >= 11 is 1.79. The third-order valence-corrected chi connectivity index (χ3v) is 12.9. The molecule has 12 heteroatoms. The molecule has 0 fully saturated rings. The van der Waals surface area contributed by atoms with Crippen molar-refractivity contribution in [1.82, 2.24) is 15.2 Å². The number of aliphatic hydroxyl groups excluding tert-OH is 2. The van der Waals surface area contributed by atoms with Gasteiger partial charge in [0, 0.05) is 78.3 Å². The Kier molecular flexibility index (Phi) is 17.3. The summed E-state index contributed by atoms with van der Waals surface area (Å²) in [5, 5.41) is 25.0. The number of pyridine rings is 1. The van der Waals surface area contributed by atoms with Crippen LogP contribution in [0.1, 0.15) is 117 Å². The number of aromatic nitrogens is 1. The highest BCUT2D eigenvalue weighted by molar-refractivity contribution is 7.99. The fourth-order valence-corrected chi connectivity index (χ4v) is 8.63. The van der Waals surface area contributed by atoms with E-state index < -0.39 is 5.60 Å². The highest BCUT2D eigenvalue weighted by atomic mass is 32.2. The molecule has 4 aromatic rings. The van der Waals surface area contributed by atoms with Crippen molar-refractivity contribution < 1.29 is 29.3 Å². The van der Waals surface area contributed by atoms with E-state index in [2.05, 4.69) is 55.4 Å². The zero-order valence-corrected chi connectivity index (χ0v) is 37.7. The average molecular weight is 852 g/mol. The SMILES string of the molecule is CCN(CC)c1ccc(NC(=O)c2cccc(CSC(C)(C)CCOC(C)(C)CCC(=O)N(CCO)CCO)c2)c(-c2cc(C(=O)N[C@H]3CCCc4ccccc43)ccn2)c1. The number of nitrogens with one attached hydrogen (secondary N) is 2. The molecule has 1 aromatic heterocycles. The Balaban J connectivity index is 1.23. The maximum atomic E-state index is 13.9. The Morgan fingerprint density at radius 2 is 1.61 bits per heavy atom. The van der Waals surface area contributed by atoms with Crippen LogP contribution in [0.5, 0.6) is 0 Å². The lowest BCUT2D eigenvalue weighted by Gasteiger charge is -2.30. The van der Waals surface area contributed by atoms with Crippen LogP contribution in [-0.4, -0.2) is 94.2 Å². The maximum absolute atomic E-state index is 13.9. The van der Waals surface area contributed by atoms with E-state index in [9.17, 15) is 24.6 Å². The molecule has 0 bridgehead atoms. The molecule has 0 unspecified atom stereocenters. The molecule has 11 nitrogen and oxygen atoms in total. The molecule has 0 aliphatic heterocycles. The van der Waals surface area contributed by atoms with Crippen LogP contribution in [0.15, 0.2) is 85.1 Å². The minimum absolute atomic E-state index is 0.0500. The number of aliphatic hydroxyl groups is 2. The van der Waals surface area contributed by atoms with Gasteiger partial charge in [0.1, 0.15) is 0 Å². The summed E-state index contributed by atoms with van der Waals surface area (Å²) < 4.78 is 6.13. The van der Waals surface area contributed by atoms with Crippen molar-refractivity contribution in [3.8, 4) is 11.3 Å². The number of anilines is 2. The Hall–Kier alpha value is -4.75. The fraction of sp³-hybridized carbons (Fsp3) is 0.469. The molecule has 0 saturated heterocycles. The summed E-state index contributed by atoms with van der Waals surface area (Å²) in [5.74, 6) is 0.200. The number of benzene rings is 3.